The molecule has 1 aliphatic carbocycles. The van der Waals surface area contributed by atoms with Crippen molar-refractivity contribution in [3.8, 4) is 11.5 Å². The lowest BCUT2D eigenvalue weighted by molar-refractivity contribution is -0.128. The van der Waals surface area contributed by atoms with Gasteiger partial charge in [-0.2, -0.15) is 0 Å². The first kappa shape index (κ1) is 17.6. The van der Waals surface area contributed by atoms with Gasteiger partial charge in [-0.1, -0.05) is 23.7 Å². The third-order valence-corrected chi connectivity index (χ3v) is 4.66. The van der Waals surface area contributed by atoms with E-state index in [1.54, 1.807) is 32.4 Å². The molecule has 1 aromatic carbocycles. The lowest BCUT2D eigenvalue weighted by Gasteiger charge is -2.30. The predicted octanol–water partition coefficient (Wildman–Crippen LogP) is 3.12. The Bertz CT molecular complexity index is 817. The van der Waals surface area contributed by atoms with Crippen molar-refractivity contribution in [3.05, 3.63) is 47.0 Å². The van der Waals surface area contributed by atoms with Crippen LogP contribution in [-0.2, 0) is 11.2 Å². The van der Waals surface area contributed by atoms with E-state index in [9.17, 15) is 4.79 Å². The van der Waals surface area contributed by atoms with Gasteiger partial charge in [0.2, 0.25) is 11.0 Å². The maximum atomic E-state index is 12.7. The SMILES string of the molecule is COc1ccc(CCN2C(=O)C3C=CC(Cl)=CC3=NC2=S)cc1OC. The summed E-state index contributed by atoms with van der Waals surface area (Å²) in [6.07, 6.45) is 5.78. The van der Waals surface area contributed by atoms with Gasteiger partial charge in [0.1, 0.15) is 0 Å². The van der Waals surface area contributed by atoms with Crippen LogP contribution in [0.5, 0.6) is 11.5 Å². The molecule has 0 saturated heterocycles. The number of hydrogen-bond donors (Lipinski definition) is 0. The van der Waals surface area contributed by atoms with Crippen molar-refractivity contribution in [1.29, 1.82) is 0 Å². The van der Waals surface area contributed by atoms with Gasteiger partial charge in [0.05, 0.1) is 25.8 Å². The van der Waals surface area contributed by atoms with Crippen molar-refractivity contribution in [2.45, 2.75) is 6.42 Å². The molecule has 1 amide bonds. The Kier molecular flexibility index (Phi) is 5.20. The molecular weight excluding hydrogens is 360 g/mol. The molecule has 0 bridgehead atoms. The number of carbonyl (C=O) groups excluding carboxylic acids is 1. The third-order valence-electron chi connectivity index (χ3n) is 4.11. The molecule has 7 heteroatoms. The van der Waals surface area contributed by atoms with E-state index in [1.165, 1.54) is 4.90 Å². The number of hydrogen-bond acceptors (Lipinski definition) is 4. The summed E-state index contributed by atoms with van der Waals surface area (Å²) >= 11 is 11.3. The molecule has 3 rings (SSSR count). The summed E-state index contributed by atoms with van der Waals surface area (Å²) in [4.78, 5) is 18.6. The van der Waals surface area contributed by atoms with Crippen LogP contribution >= 0.6 is 23.8 Å². The van der Waals surface area contributed by atoms with Crippen LogP contribution in [0.2, 0.25) is 0 Å². The molecule has 2 aliphatic rings. The minimum Gasteiger partial charge on any atom is -0.493 e. The molecule has 5 nitrogen and oxygen atoms in total. The molecular formula is C18H17ClN2O3S. The summed E-state index contributed by atoms with van der Waals surface area (Å²) in [6, 6.07) is 5.68. The number of halogens is 1. The highest BCUT2D eigenvalue weighted by molar-refractivity contribution is 7.80. The summed E-state index contributed by atoms with van der Waals surface area (Å²) in [5, 5.41) is 0.817. The van der Waals surface area contributed by atoms with Gasteiger partial charge in [0.25, 0.3) is 0 Å². The van der Waals surface area contributed by atoms with E-state index in [4.69, 9.17) is 33.3 Å². The largest absolute Gasteiger partial charge is 0.493 e. The zero-order valence-electron chi connectivity index (χ0n) is 13.9. The number of ether oxygens (including phenoxy) is 2. The molecule has 0 fully saturated rings. The highest BCUT2D eigenvalue weighted by Crippen LogP contribution is 2.28. The number of fused-ring (bicyclic) bond motifs is 1. The summed E-state index contributed by atoms with van der Waals surface area (Å²) in [6.45, 7) is 0.450. The first-order valence-corrected chi connectivity index (χ1v) is 8.52. The highest BCUT2D eigenvalue weighted by Gasteiger charge is 2.34. The fraction of sp³-hybridized carbons (Fsp3) is 0.278. The van der Waals surface area contributed by atoms with E-state index >= 15 is 0 Å². The molecule has 1 unspecified atom stereocenters. The van der Waals surface area contributed by atoms with E-state index in [1.807, 2.05) is 18.2 Å². The van der Waals surface area contributed by atoms with E-state index in [0.29, 0.717) is 35.2 Å². The van der Waals surface area contributed by atoms with Crippen LogP contribution < -0.4 is 9.47 Å². The number of carbonyl (C=O) groups is 1. The average molecular weight is 377 g/mol. The minimum atomic E-state index is -0.417. The highest BCUT2D eigenvalue weighted by atomic mass is 35.5. The first-order chi connectivity index (χ1) is 12.0. The Labute approximate surface area is 156 Å². The van der Waals surface area contributed by atoms with Crippen molar-refractivity contribution in [2.24, 2.45) is 10.9 Å². The summed E-state index contributed by atoms with van der Waals surface area (Å²) in [5.41, 5.74) is 1.62. The quantitative estimate of drug-likeness (QED) is 0.741. The first-order valence-electron chi connectivity index (χ1n) is 7.73. The topological polar surface area (TPSA) is 51.1 Å². The Hall–Kier alpha value is -2.18. The fourth-order valence-electron chi connectivity index (χ4n) is 2.79. The van der Waals surface area contributed by atoms with Crippen LogP contribution in [0.15, 0.2) is 46.5 Å². The Morgan fingerprint density at radius 2 is 2.04 bits per heavy atom. The summed E-state index contributed by atoms with van der Waals surface area (Å²) < 4.78 is 10.5. The molecule has 0 radical (unpaired) electrons. The van der Waals surface area contributed by atoms with E-state index < -0.39 is 5.92 Å². The minimum absolute atomic E-state index is 0.0767. The third kappa shape index (κ3) is 3.60. The van der Waals surface area contributed by atoms with Crippen LogP contribution in [0, 0.1) is 5.92 Å². The Morgan fingerprint density at radius 3 is 2.76 bits per heavy atom. The maximum Gasteiger partial charge on any atom is 0.241 e. The van der Waals surface area contributed by atoms with Gasteiger partial charge in [-0.15, -0.1) is 0 Å². The van der Waals surface area contributed by atoms with Crippen LogP contribution in [0.1, 0.15) is 5.56 Å². The number of allylic oxidation sites excluding steroid dienone is 3. The number of thiocarbonyl (C=S) groups is 1. The zero-order valence-corrected chi connectivity index (χ0v) is 15.4. The lowest BCUT2D eigenvalue weighted by atomic mass is 9.95. The molecule has 0 N–H and O–H groups in total. The van der Waals surface area contributed by atoms with E-state index in [0.717, 1.165) is 5.56 Å². The molecule has 0 aromatic heterocycles. The van der Waals surface area contributed by atoms with Crippen molar-refractivity contribution < 1.29 is 14.3 Å². The Morgan fingerprint density at radius 1 is 1.28 bits per heavy atom. The second-order valence-corrected chi connectivity index (χ2v) is 6.42. The van der Waals surface area contributed by atoms with Gasteiger partial charge in [-0.25, -0.2) is 4.99 Å². The number of amides is 1. The van der Waals surface area contributed by atoms with Gasteiger partial charge in [0, 0.05) is 11.6 Å². The number of aliphatic imine (C=N–C) groups is 1. The van der Waals surface area contributed by atoms with Gasteiger partial charge in [-0.3, -0.25) is 9.69 Å². The zero-order chi connectivity index (χ0) is 18.0. The average Bonchev–Trinajstić information content (AvgIpc) is 2.60. The number of benzene rings is 1. The van der Waals surface area contributed by atoms with Gasteiger partial charge >= 0.3 is 0 Å². The van der Waals surface area contributed by atoms with Gasteiger partial charge < -0.3 is 9.47 Å². The molecule has 0 saturated carbocycles. The van der Waals surface area contributed by atoms with Crippen molar-refractivity contribution >= 4 is 40.6 Å². The monoisotopic (exact) mass is 376 g/mol. The molecule has 0 spiro atoms. The molecule has 1 aromatic rings. The standard InChI is InChI=1S/C18H17ClN2O3S/c1-23-15-6-3-11(9-16(15)24-2)7-8-21-17(22)13-5-4-12(19)10-14(13)20-18(21)25/h3-6,9-10,13H,7-8H2,1-2H3. The van der Waals surface area contributed by atoms with Crippen molar-refractivity contribution in [3.63, 3.8) is 0 Å². The second kappa shape index (κ2) is 7.37. The second-order valence-electron chi connectivity index (χ2n) is 5.61. The van der Waals surface area contributed by atoms with Crippen LogP contribution in [-0.4, -0.2) is 42.4 Å². The lowest BCUT2D eigenvalue weighted by Crippen LogP contribution is -2.46. The number of rotatable bonds is 5. The number of nitrogens with zero attached hydrogens (tertiary/aromatic N) is 2. The molecule has 130 valence electrons. The van der Waals surface area contributed by atoms with E-state index in [2.05, 4.69) is 4.99 Å². The normalized spacial score (nSPS) is 19.3. The van der Waals surface area contributed by atoms with Crippen LogP contribution in [0.3, 0.4) is 0 Å². The molecule has 1 heterocycles. The summed E-state index contributed by atoms with van der Waals surface area (Å²) in [5.74, 6) is 0.829. The number of methoxy groups -OCH3 is 2. The van der Waals surface area contributed by atoms with Gasteiger partial charge in [-0.05, 0) is 48.5 Å². The van der Waals surface area contributed by atoms with Gasteiger partial charge in [0.15, 0.2) is 11.5 Å². The summed E-state index contributed by atoms with van der Waals surface area (Å²) in [7, 11) is 3.19. The molecule has 25 heavy (non-hydrogen) atoms. The van der Waals surface area contributed by atoms with E-state index in [-0.39, 0.29) is 11.0 Å². The van der Waals surface area contributed by atoms with Crippen molar-refractivity contribution in [1.82, 2.24) is 4.90 Å². The smallest absolute Gasteiger partial charge is 0.241 e. The maximum absolute atomic E-state index is 12.7. The van der Waals surface area contributed by atoms with Crippen molar-refractivity contribution in [2.75, 3.05) is 20.8 Å². The fourth-order valence-corrected chi connectivity index (χ4v) is 3.26. The predicted molar refractivity (Wildman–Crippen MR) is 102 cm³/mol. The van der Waals surface area contributed by atoms with Crippen LogP contribution in [0.4, 0.5) is 0 Å². The van der Waals surface area contributed by atoms with Crippen LogP contribution in [0.25, 0.3) is 0 Å². The Balaban J connectivity index is 1.75. The molecule has 1 aliphatic heterocycles. The molecule has 1 atom stereocenters.